The molecule has 1 aliphatic rings. The molecule has 2 atom stereocenters. The Hall–Kier alpha value is -1.09. The molecule has 0 fully saturated rings. The highest BCUT2D eigenvalue weighted by Gasteiger charge is 2.19. The Labute approximate surface area is 96.8 Å². The van der Waals surface area contributed by atoms with E-state index in [1.54, 1.807) is 0 Å². The van der Waals surface area contributed by atoms with Crippen molar-refractivity contribution in [2.75, 3.05) is 0 Å². The summed E-state index contributed by atoms with van der Waals surface area (Å²) in [6.07, 6.45) is 11.1. The van der Waals surface area contributed by atoms with Crippen LogP contribution in [-0.4, -0.2) is 21.0 Å². The van der Waals surface area contributed by atoms with Gasteiger partial charge < -0.3 is 5.11 Å². The van der Waals surface area contributed by atoms with Gasteiger partial charge in [0.2, 0.25) is 0 Å². The minimum Gasteiger partial charge on any atom is -0.393 e. The van der Waals surface area contributed by atoms with Crippen LogP contribution in [0.25, 0.3) is 0 Å². The van der Waals surface area contributed by atoms with Crippen molar-refractivity contribution in [2.45, 2.75) is 38.2 Å². The Kier molecular flexibility index (Phi) is 3.78. The van der Waals surface area contributed by atoms with Crippen LogP contribution in [0.15, 0.2) is 24.4 Å². The second-order valence-electron chi connectivity index (χ2n) is 4.60. The first-order valence-corrected chi connectivity index (χ1v) is 6.07. The van der Waals surface area contributed by atoms with Gasteiger partial charge >= 0.3 is 0 Å². The van der Waals surface area contributed by atoms with Gasteiger partial charge in [0.15, 0.2) is 0 Å². The number of hydrogen-bond acceptors (Lipinski definition) is 2. The van der Waals surface area contributed by atoms with E-state index < -0.39 is 0 Å². The fraction of sp³-hybridized carbons (Fsp3) is 0.615. The highest BCUT2D eigenvalue weighted by atomic mass is 16.3. The molecule has 1 aromatic rings. The zero-order chi connectivity index (χ0) is 11.4. The van der Waals surface area contributed by atoms with Gasteiger partial charge in [-0.05, 0) is 44.1 Å². The molecule has 0 saturated carbocycles. The van der Waals surface area contributed by atoms with Crippen molar-refractivity contribution in [1.29, 1.82) is 0 Å². The first kappa shape index (κ1) is 11.4. The highest BCUT2D eigenvalue weighted by Crippen LogP contribution is 2.24. The Morgan fingerprint density at radius 1 is 1.56 bits per heavy atom. The first-order chi connectivity index (χ1) is 7.77. The van der Waals surface area contributed by atoms with Crippen molar-refractivity contribution in [1.82, 2.24) is 9.78 Å². The second-order valence-corrected chi connectivity index (χ2v) is 4.60. The van der Waals surface area contributed by atoms with Crippen LogP contribution in [0, 0.1) is 5.92 Å². The number of nitrogens with zero attached hydrogens (tertiary/aromatic N) is 2. The van der Waals surface area contributed by atoms with Crippen molar-refractivity contribution >= 4 is 0 Å². The summed E-state index contributed by atoms with van der Waals surface area (Å²) >= 11 is 0. The van der Waals surface area contributed by atoms with Gasteiger partial charge in [-0.2, -0.15) is 5.10 Å². The molecular weight excluding hydrogens is 200 g/mol. The van der Waals surface area contributed by atoms with Gasteiger partial charge in [-0.1, -0.05) is 12.2 Å². The fourth-order valence-corrected chi connectivity index (χ4v) is 2.34. The van der Waals surface area contributed by atoms with Crippen LogP contribution in [0.4, 0.5) is 0 Å². The minimum absolute atomic E-state index is 0.167. The lowest BCUT2D eigenvalue weighted by molar-refractivity contribution is 0.0933. The van der Waals surface area contributed by atoms with Crippen LogP contribution >= 0.6 is 0 Å². The summed E-state index contributed by atoms with van der Waals surface area (Å²) in [7, 11) is 1.95. The second kappa shape index (κ2) is 5.30. The van der Waals surface area contributed by atoms with Gasteiger partial charge in [-0.3, -0.25) is 4.68 Å². The molecule has 0 bridgehead atoms. The van der Waals surface area contributed by atoms with Crippen LogP contribution in [-0.2, 0) is 13.5 Å². The van der Waals surface area contributed by atoms with E-state index in [2.05, 4.69) is 17.3 Å². The summed E-state index contributed by atoms with van der Waals surface area (Å²) in [5, 5.41) is 14.2. The molecular formula is C13H20N2O. The number of hydrogen-bond donors (Lipinski definition) is 1. The van der Waals surface area contributed by atoms with E-state index >= 15 is 0 Å². The summed E-state index contributed by atoms with van der Waals surface area (Å²) in [4.78, 5) is 0. The van der Waals surface area contributed by atoms with Gasteiger partial charge in [-0.25, -0.2) is 0 Å². The molecule has 0 radical (unpaired) electrons. The zero-order valence-corrected chi connectivity index (χ0v) is 9.84. The molecule has 16 heavy (non-hydrogen) atoms. The van der Waals surface area contributed by atoms with E-state index in [4.69, 9.17) is 0 Å². The third kappa shape index (κ3) is 2.73. The Morgan fingerprint density at radius 3 is 3.06 bits per heavy atom. The van der Waals surface area contributed by atoms with E-state index in [9.17, 15) is 5.11 Å². The normalized spacial score (nSPS) is 22.2. The van der Waals surface area contributed by atoms with Crippen LogP contribution in [0.5, 0.6) is 0 Å². The maximum absolute atomic E-state index is 10.1. The molecule has 0 amide bonds. The smallest absolute Gasteiger partial charge is 0.0575 e. The Morgan fingerprint density at radius 2 is 2.44 bits per heavy atom. The SMILES string of the molecule is Cn1nccc1CCC(O)C1CC=CCC1. The molecule has 2 unspecified atom stereocenters. The largest absolute Gasteiger partial charge is 0.393 e. The topological polar surface area (TPSA) is 38.0 Å². The van der Waals surface area contributed by atoms with Crippen molar-refractivity contribution in [3.05, 3.63) is 30.1 Å². The third-order valence-electron chi connectivity index (χ3n) is 3.47. The molecule has 1 aromatic heterocycles. The van der Waals surface area contributed by atoms with E-state index in [1.807, 2.05) is 24.0 Å². The molecule has 0 spiro atoms. The number of aryl methyl sites for hydroxylation is 2. The van der Waals surface area contributed by atoms with Gasteiger partial charge in [0.05, 0.1) is 6.10 Å². The summed E-state index contributed by atoms with van der Waals surface area (Å²) < 4.78 is 1.88. The standard InChI is InChI=1S/C13H20N2O/c1-15-12(9-10-14-15)7-8-13(16)11-5-3-2-4-6-11/h2-3,9-11,13,16H,4-8H2,1H3. The Bertz CT molecular complexity index is 357. The maximum atomic E-state index is 10.1. The molecule has 1 N–H and O–H groups in total. The van der Waals surface area contributed by atoms with E-state index in [0.717, 1.165) is 32.1 Å². The quantitative estimate of drug-likeness (QED) is 0.789. The minimum atomic E-state index is -0.167. The van der Waals surface area contributed by atoms with Crippen molar-refractivity contribution < 1.29 is 5.11 Å². The van der Waals surface area contributed by atoms with Crippen LogP contribution in [0.1, 0.15) is 31.4 Å². The van der Waals surface area contributed by atoms with Gasteiger partial charge in [0, 0.05) is 18.9 Å². The fourth-order valence-electron chi connectivity index (χ4n) is 2.34. The molecule has 3 nitrogen and oxygen atoms in total. The van der Waals surface area contributed by atoms with E-state index in [0.29, 0.717) is 5.92 Å². The monoisotopic (exact) mass is 220 g/mol. The molecule has 1 heterocycles. The van der Waals surface area contributed by atoms with E-state index in [-0.39, 0.29) is 6.10 Å². The number of aliphatic hydroxyl groups excluding tert-OH is 1. The molecule has 1 aliphatic carbocycles. The average Bonchev–Trinajstić information content (AvgIpc) is 2.73. The lowest BCUT2D eigenvalue weighted by atomic mass is 9.87. The third-order valence-corrected chi connectivity index (χ3v) is 3.47. The molecule has 0 aromatic carbocycles. The van der Waals surface area contributed by atoms with Crippen LogP contribution < -0.4 is 0 Å². The number of allylic oxidation sites excluding steroid dienone is 2. The van der Waals surface area contributed by atoms with Crippen molar-refractivity contribution in [3.8, 4) is 0 Å². The van der Waals surface area contributed by atoms with Crippen molar-refractivity contribution in [3.63, 3.8) is 0 Å². The molecule has 3 heteroatoms. The molecule has 88 valence electrons. The lowest BCUT2D eigenvalue weighted by Gasteiger charge is -2.23. The highest BCUT2D eigenvalue weighted by molar-refractivity contribution is 5.01. The van der Waals surface area contributed by atoms with E-state index in [1.165, 1.54) is 5.69 Å². The maximum Gasteiger partial charge on any atom is 0.0575 e. The van der Waals surface area contributed by atoms with Gasteiger partial charge in [0.1, 0.15) is 0 Å². The van der Waals surface area contributed by atoms with Gasteiger partial charge in [-0.15, -0.1) is 0 Å². The number of aliphatic hydroxyl groups is 1. The molecule has 2 rings (SSSR count). The molecule has 0 aliphatic heterocycles. The number of rotatable bonds is 4. The summed E-state index contributed by atoms with van der Waals surface area (Å²) in [6.45, 7) is 0. The van der Waals surface area contributed by atoms with Crippen LogP contribution in [0.3, 0.4) is 0 Å². The predicted molar refractivity (Wildman–Crippen MR) is 64.0 cm³/mol. The molecule has 0 saturated heterocycles. The predicted octanol–water partition coefficient (Wildman–Crippen LogP) is 2.07. The zero-order valence-electron chi connectivity index (χ0n) is 9.84. The lowest BCUT2D eigenvalue weighted by Crippen LogP contribution is -2.22. The Balaban J connectivity index is 1.81. The average molecular weight is 220 g/mol. The summed E-state index contributed by atoms with van der Waals surface area (Å²) in [5.41, 5.74) is 1.20. The first-order valence-electron chi connectivity index (χ1n) is 6.07. The van der Waals surface area contributed by atoms with Crippen LogP contribution in [0.2, 0.25) is 0 Å². The summed E-state index contributed by atoms with van der Waals surface area (Å²) in [5.74, 6) is 0.457. The van der Waals surface area contributed by atoms with Crippen molar-refractivity contribution in [2.24, 2.45) is 13.0 Å². The summed E-state index contributed by atoms with van der Waals surface area (Å²) in [6, 6.07) is 2.02. The van der Waals surface area contributed by atoms with Gasteiger partial charge in [0.25, 0.3) is 0 Å². The number of aromatic nitrogens is 2.